The Balaban J connectivity index is 2.25. The molecular weight excluding hydrogens is 233 g/mol. The summed E-state index contributed by atoms with van der Waals surface area (Å²) in [5.41, 5.74) is 0. The topological polar surface area (TPSA) is 41.1 Å². The van der Waals surface area contributed by atoms with Gasteiger partial charge in [-0.25, -0.2) is 0 Å². The molecule has 0 aromatic rings. The van der Waals surface area contributed by atoms with Crippen molar-refractivity contribution >= 4 is 5.91 Å². The van der Waals surface area contributed by atoms with Gasteiger partial charge in [0.1, 0.15) is 6.04 Å². The minimum atomic E-state index is -4.18. The number of nitrogens with one attached hydrogen (secondary N) is 2. The number of rotatable bonds is 4. The monoisotopic (exact) mass is 252 g/mol. The van der Waals surface area contributed by atoms with Gasteiger partial charge in [-0.15, -0.1) is 0 Å². The molecule has 17 heavy (non-hydrogen) atoms. The summed E-state index contributed by atoms with van der Waals surface area (Å²) in [5, 5.41) is 5.19. The van der Waals surface area contributed by atoms with Crippen molar-refractivity contribution in [1.29, 1.82) is 0 Å². The lowest BCUT2D eigenvalue weighted by Crippen LogP contribution is -2.54. The van der Waals surface area contributed by atoms with Crippen LogP contribution in [-0.4, -0.2) is 30.7 Å². The highest BCUT2D eigenvalue weighted by Gasteiger charge is 2.41. The molecule has 1 aliphatic rings. The van der Waals surface area contributed by atoms with Crippen LogP contribution in [0.15, 0.2) is 0 Å². The van der Waals surface area contributed by atoms with Gasteiger partial charge >= 0.3 is 6.18 Å². The number of alkyl halides is 3. The molecule has 3 nitrogen and oxygen atoms in total. The van der Waals surface area contributed by atoms with Crippen LogP contribution in [0.2, 0.25) is 0 Å². The zero-order chi connectivity index (χ0) is 12.9. The molecule has 0 radical (unpaired) electrons. The van der Waals surface area contributed by atoms with Gasteiger partial charge in [-0.05, 0) is 19.3 Å². The summed E-state index contributed by atoms with van der Waals surface area (Å²) in [6.07, 6.45) is -1.56. The molecule has 0 aromatic heterocycles. The van der Waals surface area contributed by atoms with Crippen molar-refractivity contribution in [3.8, 4) is 0 Å². The molecule has 1 rings (SSSR count). The number of amides is 1. The van der Waals surface area contributed by atoms with E-state index in [9.17, 15) is 18.0 Å². The van der Waals surface area contributed by atoms with Crippen LogP contribution in [0.25, 0.3) is 0 Å². The molecule has 2 N–H and O–H groups in total. The smallest absolute Gasteiger partial charge is 0.352 e. The van der Waals surface area contributed by atoms with Crippen molar-refractivity contribution in [3.63, 3.8) is 0 Å². The van der Waals surface area contributed by atoms with Crippen molar-refractivity contribution in [2.24, 2.45) is 0 Å². The van der Waals surface area contributed by atoms with Gasteiger partial charge < -0.3 is 10.6 Å². The number of halogens is 3. The average molecular weight is 252 g/mol. The second-order valence-electron chi connectivity index (χ2n) is 4.45. The molecule has 0 aliphatic carbocycles. The third-order valence-corrected chi connectivity index (χ3v) is 2.93. The number of carbonyl (C=O) groups excluding carboxylic acids is 1. The molecule has 1 fully saturated rings. The van der Waals surface area contributed by atoms with E-state index in [1.807, 2.05) is 6.92 Å². The lowest BCUT2D eigenvalue weighted by Gasteiger charge is -2.31. The molecule has 2 atom stereocenters. The molecule has 6 heteroatoms. The summed E-state index contributed by atoms with van der Waals surface area (Å²) in [5.74, 6) is -0.0656. The van der Waals surface area contributed by atoms with E-state index in [2.05, 4.69) is 10.6 Å². The van der Waals surface area contributed by atoms with E-state index in [1.54, 1.807) is 0 Å². The second kappa shape index (κ2) is 6.23. The van der Waals surface area contributed by atoms with E-state index in [1.165, 1.54) is 0 Å². The molecule has 1 heterocycles. The summed E-state index contributed by atoms with van der Waals surface area (Å²) in [4.78, 5) is 11.4. The highest BCUT2D eigenvalue weighted by Crippen LogP contribution is 2.26. The zero-order valence-corrected chi connectivity index (χ0v) is 9.94. The molecule has 0 spiro atoms. The number of hydrogen-bond acceptors (Lipinski definition) is 2. The van der Waals surface area contributed by atoms with Gasteiger partial charge in [-0.2, -0.15) is 13.2 Å². The number of carbonyl (C=O) groups is 1. The summed E-state index contributed by atoms with van der Waals surface area (Å²) in [7, 11) is 0. The molecule has 0 saturated carbocycles. The number of piperidine rings is 1. The Labute approximate surface area is 99.1 Å². The first kappa shape index (κ1) is 14.3. The number of unbranched alkanes of at least 4 members (excludes halogenated alkanes) is 1. The lowest BCUT2D eigenvalue weighted by atomic mass is 10.00. The first-order valence-corrected chi connectivity index (χ1v) is 6.03. The van der Waals surface area contributed by atoms with E-state index in [-0.39, 0.29) is 24.9 Å². The number of hydrogen-bond donors (Lipinski definition) is 2. The Morgan fingerprint density at radius 1 is 1.41 bits per heavy atom. The van der Waals surface area contributed by atoms with Crippen molar-refractivity contribution in [1.82, 2.24) is 10.6 Å². The standard InChI is InChI=1S/C11H19F3N2O/c1-2-3-4-10(17)16-8-5-6-9(15-7-8)11(12,13)14/h8-9,15H,2-7H2,1H3,(H,16,17). The fraction of sp³-hybridized carbons (Fsp3) is 0.909. The van der Waals surface area contributed by atoms with Crippen LogP contribution in [0.4, 0.5) is 13.2 Å². The first-order valence-electron chi connectivity index (χ1n) is 6.03. The molecule has 1 saturated heterocycles. The van der Waals surface area contributed by atoms with Crippen LogP contribution >= 0.6 is 0 Å². The maximum Gasteiger partial charge on any atom is 0.403 e. The Bertz CT molecular complexity index is 248. The third kappa shape index (κ3) is 4.93. The van der Waals surface area contributed by atoms with Gasteiger partial charge in [0, 0.05) is 19.0 Å². The maximum atomic E-state index is 12.3. The Hall–Kier alpha value is -0.780. The van der Waals surface area contributed by atoms with Crippen LogP contribution in [0.3, 0.4) is 0 Å². The van der Waals surface area contributed by atoms with Gasteiger partial charge in [0.15, 0.2) is 0 Å². The molecule has 1 aliphatic heterocycles. The van der Waals surface area contributed by atoms with Gasteiger partial charge in [-0.1, -0.05) is 13.3 Å². The Morgan fingerprint density at radius 2 is 2.12 bits per heavy atom. The average Bonchev–Trinajstić information content (AvgIpc) is 2.26. The van der Waals surface area contributed by atoms with Crippen LogP contribution < -0.4 is 10.6 Å². The molecular formula is C11H19F3N2O. The minimum Gasteiger partial charge on any atom is -0.352 e. The van der Waals surface area contributed by atoms with Gasteiger partial charge in [0.25, 0.3) is 0 Å². The summed E-state index contributed by atoms with van der Waals surface area (Å²) < 4.78 is 37.0. The fourth-order valence-corrected chi connectivity index (χ4v) is 1.90. The second-order valence-corrected chi connectivity index (χ2v) is 4.45. The zero-order valence-electron chi connectivity index (χ0n) is 9.94. The minimum absolute atomic E-state index is 0.0300. The highest BCUT2D eigenvalue weighted by molar-refractivity contribution is 5.76. The molecule has 2 unspecified atom stereocenters. The normalized spacial score (nSPS) is 25.6. The summed E-state index contributed by atoms with van der Waals surface area (Å²) in [6, 6.07) is -1.59. The molecule has 0 aromatic carbocycles. The predicted molar refractivity (Wildman–Crippen MR) is 58.5 cm³/mol. The summed E-state index contributed by atoms with van der Waals surface area (Å²) >= 11 is 0. The van der Waals surface area contributed by atoms with E-state index in [0.717, 1.165) is 12.8 Å². The largest absolute Gasteiger partial charge is 0.403 e. The maximum absolute atomic E-state index is 12.3. The molecule has 0 bridgehead atoms. The van der Waals surface area contributed by atoms with E-state index in [4.69, 9.17) is 0 Å². The van der Waals surface area contributed by atoms with Crippen molar-refractivity contribution in [2.75, 3.05) is 6.54 Å². The lowest BCUT2D eigenvalue weighted by molar-refractivity contribution is -0.161. The SMILES string of the molecule is CCCCC(=O)NC1CCC(C(F)(F)F)NC1. The van der Waals surface area contributed by atoms with E-state index < -0.39 is 12.2 Å². The summed E-state index contributed by atoms with van der Waals surface area (Å²) in [6.45, 7) is 2.19. The van der Waals surface area contributed by atoms with Crippen LogP contribution in [-0.2, 0) is 4.79 Å². The van der Waals surface area contributed by atoms with Crippen LogP contribution in [0, 0.1) is 0 Å². The van der Waals surface area contributed by atoms with Crippen LogP contribution in [0.1, 0.15) is 39.0 Å². The quantitative estimate of drug-likeness (QED) is 0.803. The first-order chi connectivity index (χ1) is 7.93. The van der Waals surface area contributed by atoms with Gasteiger partial charge in [0.2, 0.25) is 5.91 Å². The highest BCUT2D eigenvalue weighted by atomic mass is 19.4. The Kier molecular flexibility index (Phi) is 5.24. The van der Waals surface area contributed by atoms with Crippen molar-refractivity contribution in [2.45, 2.75) is 57.3 Å². The van der Waals surface area contributed by atoms with Gasteiger partial charge in [0.05, 0.1) is 0 Å². The van der Waals surface area contributed by atoms with Crippen molar-refractivity contribution < 1.29 is 18.0 Å². The molecule has 1 amide bonds. The molecule has 100 valence electrons. The van der Waals surface area contributed by atoms with E-state index in [0.29, 0.717) is 12.8 Å². The van der Waals surface area contributed by atoms with E-state index >= 15 is 0 Å². The fourth-order valence-electron chi connectivity index (χ4n) is 1.90. The van der Waals surface area contributed by atoms with Gasteiger partial charge in [-0.3, -0.25) is 4.79 Å². The van der Waals surface area contributed by atoms with Crippen LogP contribution in [0.5, 0.6) is 0 Å². The Morgan fingerprint density at radius 3 is 2.59 bits per heavy atom. The predicted octanol–water partition coefficient (Wildman–Crippen LogP) is 1.98. The van der Waals surface area contributed by atoms with Crippen molar-refractivity contribution in [3.05, 3.63) is 0 Å². The third-order valence-electron chi connectivity index (χ3n) is 2.93.